The van der Waals surface area contributed by atoms with Crippen molar-refractivity contribution in [3.8, 4) is 5.69 Å². The maximum Gasteiger partial charge on any atom is 0.222 e. The van der Waals surface area contributed by atoms with Gasteiger partial charge in [-0.1, -0.05) is 37.5 Å². The van der Waals surface area contributed by atoms with E-state index in [9.17, 15) is 4.79 Å². The Morgan fingerprint density at radius 1 is 1.04 bits per heavy atom. The van der Waals surface area contributed by atoms with Crippen molar-refractivity contribution < 1.29 is 4.79 Å². The van der Waals surface area contributed by atoms with Crippen LogP contribution in [-0.2, 0) is 11.2 Å². The van der Waals surface area contributed by atoms with E-state index >= 15 is 0 Å². The fraction of sp³-hybridized carbons (Fsp3) is 0.571. The van der Waals surface area contributed by atoms with Crippen LogP contribution in [0.4, 0.5) is 0 Å². The van der Waals surface area contributed by atoms with Crippen molar-refractivity contribution >= 4 is 5.91 Å². The Labute approximate surface area is 155 Å². The number of para-hydroxylation sites is 1. The number of hydrogen-bond acceptors (Lipinski definition) is 3. The molecule has 1 aromatic heterocycles. The Bertz CT molecular complexity index is 721. The number of rotatable bonds is 5. The minimum absolute atomic E-state index is 0.365. The highest BCUT2D eigenvalue weighted by molar-refractivity contribution is 5.76. The standard InChI is InChI=1S/C21H28N4O/c26-21(14-17-7-3-1-4-8-17)24-12-11-18(15-24)13-20-23-22-16-25(20)19-9-5-2-6-10-19/h2,5-6,9-10,16-18H,1,3-4,7-8,11-15H2. The summed E-state index contributed by atoms with van der Waals surface area (Å²) < 4.78 is 2.06. The van der Waals surface area contributed by atoms with Gasteiger partial charge in [0.05, 0.1) is 0 Å². The van der Waals surface area contributed by atoms with Gasteiger partial charge < -0.3 is 4.90 Å². The Balaban J connectivity index is 1.33. The summed E-state index contributed by atoms with van der Waals surface area (Å²) in [5.74, 6) is 2.46. The molecule has 1 unspecified atom stereocenters. The van der Waals surface area contributed by atoms with Gasteiger partial charge in [0.1, 0.15) is 12.2 Å². The molecule has 2 fully saturated rings. The number of carbonyl (C=O) groups is 1. The molecule has 1 aromatic carbocycles. The third-order valence-electron chi connectivity index (χ3n) is 5.95. The summed E-state index contributed by atoms with van der Waals surface area (Å²) in [6.07, 6.45) is 10.9. The average Bonchev–Trinajstić information content (AvgIpc) is 3.33. The second kappa shape index (κ2) is 8.02. The van der Waals surface area contributed by atoms with Crippen LogP contribution in [0.2, 0.25) is 0 Å². The largest absolute Gasteiger partial charge is 0.342 e. The van der Waals surface area contributed by atoms with Crippen LogP contribution in [0.5, 0.6) is 0 Å². The van der Waals surface area contributed by atoms with Crippen LogP contribution in [0.25, 0.3) is 5.69 Å². The molecule has 1 saturated heterocycles. The van der Waals surface area contributed by atoms with Crippen molar-refractivity contribution in [3.63, 3.8) is 0 Å². The molecule has 0 bridgehead atoms. The number of benzene rings is 1. The van der Waals surface area contributed by atoms with Gasteiger partial charge in [-0.3, -0.25) is 9.36 Å². The monoisotopic (exact) mass is 352 g/mol. The van der Waals surface area contributed by atoms with Crippen LogP contribution in [0.15, 0.2) is 36.7 Å². The van der Waals surface area contributed by atoms with E-state index in [0.717, 1.165) is 43.9 Å². The number of likely N-dealkylation sites (tertiary alicyclic amines) is 1. The lowest BCUT2D eigenvalue weighted by molar-refractivity contribution is -0.131. The highest BCUT2D eigenvalue weighted by Gasteiger charge is 2.29. The summed E-state index contributed by atoms with van der Waals surface area (Å²) >= 11 is 0. The van der Waals surface area contributed by atoms with Crippen LogP contribution in [-0.4, -0.2) is 38.7 Å². The third kappa shape index (κ3) is 3.97. The first-order chi connectivity index (χ1) is 12.8. The van der Waals surface area contributed by atoms with Crippen LogP contribution < -0.4 is 0 Å². The minimum Gasteiger partial charge on any atom is -0.342 e. The smallest absolute Gasteiger partial charge is 0.222 e. The zero-order valence-electron chi connectivity index (χ0n) is 15.4. The van der Waals surface area contributed by atoms with Crippen molar-refractivity contribution in [2.75, 3.05) is 13.1 Å². The van der Waals surface area contributed by atoms with E-state index in [0.29, 0.717) is 17.7 Å². The topological polar surface area (TPSA) is 51.0 Å². The fourth-order valence-corrected chi connectivity index (χ4v) is 4.45. The first kappa shape index (κ1) is 17.3. The number of carbonyl (C=O) groups excluding carboxylic acids is 1. The Morgan fingerprint density at radius 3 is 2.65 bits per heavy atom. The van der Waals surface area contributed by atoms with Crippen LogP contribution >= 0.6 is 0 Å². The van der Waals surface area contributed by atoms with Gasteiger partial charge in [0.2, 0.25) is 5.91 Å². The first-order valence-electron chi connectivity index (χ1n) is 10.0. The summed E-state index contributed by atoms with van der Waals surface area (Å²) in [4.78, 5) is 14.7. The van der Waals surface area contributed by atoms with Crippen molar-refractivity contribution in [1.29, 1.82) is 0 Å². The molecular formula is C21H28N4O. The predicted molar refractivity (Wildman–Crippen MR) is 101 cm³/mol. The Kier molecular flexibility index (Phi) is 5.32. The van der Waals surface area contributed by atoms with Gasteiger partial charge in [-0.2, -0.15) is 0 Å². The number of aromatic nitrogens is 3. The molecule has 0 spiro atoms. The van der Waals surface area contributed by atoms with Gasteiger partial charge >= 0.3 is 0 Å². The molecule has 0 radical (unpaired) electrons. The average molecular weight is 352 g/mol. The maximum atomic E-state index is 12.6. The SMILES string of the molecule is O=C(CC1CCCCC1)N1CCC(Cc2nncn2-c2ccccc2)C1. The number of hydrogen-bond donors (Lipinski definition) is 0. The molecule has 4 rings (SSSR count). The molecule has 1 aliphatic carbocycles. The highest BCUT2D eigenvalue weighted by atomic mass is 16.2. The first-order valence-corrected chi connectivity index (χ1v) is 10.0. The van der Waals surface area contributed by atoms with Gasteiger partial charge in [-0.25, -0.2) is 0 Å². The molecule has 5 heteroatoms. The van der Waals surface area contributed by atoms with E-state index in [1.807, 2.05) is 18.2 Å². The lowest BCUT2D eigenvalue weighted by atomic mass is 9.87. The summed E-state index contributed by atoms with van der Waals surface area (Å²) in [5, 5.41) is 8.43. The van der Waals surface area contributed by atoms with Crippen molar-refractivity contribution in [2.45, 2.75) is 51.4 Å². The summed E-state index contributed by atoms with van der Waals surface area (Å²) in [6, 6.07) is 10.2. The van der Waals surface area contributed by atoms with Gasteiger partial charge in [0.25, 0.3) is 0 Å². The van der Waals surface area contributed by atoms with E-state index in [-0.39, 0.29) is 0 Å². The third-order valence-corrected chi connectivity index (χ3v) is 5.95. The summed E-state index contributed by atoms with van der Waals surface area (Å²) in [6.45, 7) is 1.77. The van der Waals surface area contributed by atoms with Crippen LogP contribution in [0.3, 0.4) is 0 Å². The number of nitrogens with zero attached hydrogens (tertiary/aromatic N) is 4. The second-order valence-electron chi connectivity index (χ2n) is 7.86. The molecular weight excluding hydrogens is 324 g/mol. The minimum atomic E-state index is 0.365. The summed E-state index contributed by atoms with van der Waals surface area (Å²) in [7, 11) is 0. The lowest BCUT2D eigenvalue weighted by Gasteiger charge is -2.24. The summed E-state index contributed by atoms with van der Waals surface area (Å²) in [5.41, 5.74) is 1.09. The second-order valence-corrected chi connectivity index (χ2v) is 7.86. The van der Waals surface area contributed by atoms with E-state index in [4.69, 9.17) is 0 Å². The maximum absolute atomic E-state index is 12.6. The molecule has 0 N–H and O–H groups in total. The molecule has 2 heterocycles. The van der Waals surface area contributed by atoms with E-state index in [2.05, 4.69) is 31.8 Å². The highest BCUT2D eigenvalue weighted by Crippen LogP contribution is 2.28. The zero-order valence-corrected chi connectivity index (χ0v) is 15.4. The molecule has 2 aromatic rings. The molecule has 1 saturated carbocycles. The van der Waals surface area contributed by atoms with Gasteiger partial charge in [-0.05, 0) is 43.2 Å². The van der Waals surface area contributed by atoms with Crippen molar-refractivity contribution in [1.82, 2.24) is 19.7 Å². The molecule has 1 amide bonds. The molecule has 5 nitrogen and oxygen atoms in total. The lowest BCUT2D eigenvalue weighted by Crippen LogP contribution is -2.31. The van der Waals surface area contributed by atoms with E-state index < -0.39 is 0 Å². The molecule has 1 atom stereocenters. The predicted octanol–water partition coefficient (Wildman–Crippen LogP) is 3.63. The van der Waals surface area contributed by atoms with Gasteiger partial charge in [0, 0.05) is 31.6 Å². The Hall–Kier alpha value is -2.17. The normalized spacial score (nSPS) is 21.2. The number of amides is 1. The molecule has 1 aliphatic heterocycles. The quantitative estimate of drug-likeness (QED) is 0.826. The fourth-order valence-electron chi connectivity index (χ4n) is 4.45. The molecule has 2 aliphatic rings. The molecule has 138 valence electrons. The van der Waals surface area contributed by atoms with Crippen LogP contribution in [0, 0.1) is 11.8 Å². The molecule has 26 heavy (non-hydrogen) atoms. The zero-order chi connectivity index (χ0) is 17.8. The van der Waals surface area contributed by atoms with Gasteiger partial charge in [0.15, 0.2) is 0 Å². The van der Waals surface area contributed by atoms with E-state index in [1.54, 1.807) is 6.33 Å². The van der Waals surface area contributed by atoms with Crippen molar-refractivity contribution in [2.24, 2.45) is 11.8 Å². The van der Waals surface area contributed by atoms with Gasteiger partial charge in [-0.15, -0.1) is 10.2 Å². The van der Waals surface area contributed by atoms with Crippen LogP contribution in [0.1, 0.15) is 50.8 Å². The Morgan fingerprint density at radius 2 is 1.85 bits per heavy atom. The van der Waals surface area contributed by atoms with Crippen molar-refractivity contribution in [3.05, 3.63) is 42.5 Å². The van der Waals surface area contributed by atoms with E-state index in [1.165, 1.54) is 32.1 Å².